The molecule has 4 heteroatoms. The van der Waals surface area contributed by atoms with Gasteiger partial charge in [0.2, 0.25) is 0 Å². The molecule has 0 saturated carbocycles. The summed E-state index contributed by atoms with van der Waals surface area (Å²) in [7, 11) is 0. The fourth-order valence-electron chi connectivity index (χ4n) is 2.24. The lowest BCUT2D eigenvalue weighted by Crippen LogP contribution is -2.38. The molecule has 0 bridgehead atoms. The van der Waals surface area contributed by atoms with Gasteiger partial charge >= 0.3 is 0 Å². The highest BCUT2D eigenvalue weighted by molar-refractivity contribution is 5.36. The quantitative estimate of drug-likeness (QED) is 0.830. The van der Waals surface area contributed by atoms with Gasteiger partial charge in [0.25, 0.3) is 0 Å². The van der Waals surface area contributed by atoms with Crippen molar-refractivity contribution >= 4 is 5.82 Å². The van der Waals surface area contributed by atoms with Crippen LogP contribution < -0.4 is 10.2 Å². The molecule has 1 unspecified atom stereocenters. The summed E-state index contributed by atoms with van der Waals surface area (Å²) in [6, 6.07) is 3.98. The highest BCUT2D eigenvalue weighted by Gasteiger charge is 2.16. The Labute approximate surface area is 97.1 Å². The zero-order valence-corrected chi connectivity index (χ0v) is 9.89. The molecule has 1 aliphatic heterocycles. The van der Waals surface area contributed by atoms with Crippen molar-refractivity contribution in [3.8, 4) is 0 Å². The summed E-state index contributed by atoms with van der Waals surface area (Å²) in [4.78, 5) is 2.31. The summed E-state index contributed by atoms with van der Waals surface area (Å²) in [6.07, 6.45) is 4.34. The van der Waals surface area contributed by atoms with Gasteiger partial charge in [-0.15, -0.1) is 5.10 Å². The lowest BCUT2D eigenvalue weighted by atomic mass is 9.99. The SMILES string of the molecule is CCN(CC1CCCNC1)c1cccnn1. The second kappa shape index (κ2) is 5.80. The van der Waals surface area contributed by atoms with E-state index in [2.05, 4.69) is 27.3 Å². The maximum atomic E-state index is 4.17. The van der Waals surface area contributed by atoms with E-state index in [4.69, 9.17) is 0 Å². The molecule has 0 spiro atoms. The average molecular weight is 220 g/mol. The van der Waals surface area contributed by atoms with Crippen molar-refractivity contribution in [3.63, 3.8) is 0 Å². The Morgan fingerprint density at radius 3 is 3.12 bits per heavy atom. The smallest absolute Gasteiger partial charge is 0.151 e. The van der Waals surface area contributed by atoms with Crippen LogP contribution in [-0.4, -0.2) is 36.4 Å². The summed E-state index contributed by atoms with van der Waals surface area (Å²) in [5.41, 5.74) is 0. The van der Waals surface area contributed by atoms with Crippen molar-refractivity contribution in [2.45, 2.75) is 19.8 Å². The normalized spacial score (nSPS) is 20.7. The zero-order chi connectivity index (χ0) is 11.2. The van der Waals surface area contributed by atoms with Gasteiger partial charge in [0.1, 0.15) is 0 Å². The van der Waals surface area contributed by atoms with Crippen molar-refractivity contribution in [2.24, 2.45) is 5.92 Å². The number of nitrogens with one attached hydrogen (secondary N) is 1. The molecule has 16 heavy (non-hydrogen) atoms. The summed E-state index contributed by atoms with van der Waals surface area (Å²) in [5.74, 6) is 1.74. The topological polar surface area (TPSA) is 41.0 Å². The minimum absolute atomic E-state index is 0.746. The van der Waals surface area contributed by atoms with Crippen LogP contribution in [-0.2, 0) is 0 Å². The number of anilines is 1. The summed E-state index contributed by atoms with van der Waals surface area (Å²) in [6.45, 7) is 6.56. The Bertz CT molecular complexity index is 295. The fraction of sp³-hybridized carbons (Fsp3) is 0.667. The van der Waals surface area contributed by atoms with Crippen molar-refractivity contribution < 1.29 is 0 Å². The summed E-state index contributed by atoms with van der Waals surface area (Å²) < 4.78 is 0. The van der Waals surface area contributed by atoms with Gasteiger partial charge in [0.05, 0.1) is 0 Å². The van der Waals surface area contributed by atoms with Crippen LogP contribution in [0.1, 0.15) is 19.8 Å². The molecule has 2 heterocycles. The first kappa shape index (κ1) is 11.3. The zero-order valence-electron chi connectivity index (χ0n) is 9.89. The van der Waals surface area contributed by atoms with E-state index in [0.717, 1.165) is 31.4 Å². The first-order chi connectivity index (χ1) is 7.90. The maximum absolute atomic E-state index is 4.17. The van der Waals surface area contributed by atoms with Crippen molar-refractivity contribution in [1.82, 2.24) is 15.5 Å². The van der Waals surface area contributed by atoms with Gasteiger partial charge in [-0.2, -0.15) is 5.10 Å². The largest absolute Gasteiger partial charge is 0.355 e. The Balaban J connectivity index is 1.94. The first-order valence-electron chi connectivity index (χ1n) is 6.13. The molecule has 0 radical (unpaired) electrons. The third kappa shape index (κ3) is 2.92. The van der Waals surface area contributed by atoms with Crippen LogP contribution >= 0.6 is 0 Å². The monoisotopic (exact) mass is 220 g/mol. The average Bonchev–Trinajstić information content (AvgIpc) is 2.38. The molecular formula is C12H20N4. The van der Waals surface area contributed by atoms with E-state index >= 15 is 0 Å². The van der Waals surface area contributed by atoms with Gasteiger partial charge in [-0.05, 0) is 50.9 Å². The van der Waals surface area contributed by atoms with E-state index < -0.39 is 0 Å². The van der Waals surface area contributed by atoms with Gasteiger partial charge in [-0.25, -0.2) is 0 Å². The second-order valence-corrected chi connectivity index (χ2v) is 4.33. The van der Waals surface area contributed by atoms with Crippen LogP contribution in [0.25, 0.3) is 0 Å². The van der Waals surface area contributed by atoms with Crippen LogP contribution in [0.15, 0.2) is 18.3 Å². The number of nitrogens with zero attached hydrogens (tertiary/aromatic N) is 3. The van der Waals surface area contributed by atoms with E-state index in [1.165, 1.54) is 19.4 Å². The Morgan fingerprint density at radius 2 is 2.50 bits per heavy atom. The molecule has 0 aliphatic carbocycles. The van der Waals surface area contributed by atoms with Crippen molar-refractivity contribution in [1.29, 1.82) is 0 Å². The second-order valence-electron chi connectivity index (χ2n) is 4.33. The minimum Gasteiger partial charge on any atom is -0.355 e. The third-order valence-electron chi connectivity index (χ3n) is 3.14. The Kier molecular flexibility index (Phi) is 4.10. The van der Waals surface area contributed by atoms with Gasteiger partial charge in [0.15, 0.2) is 5.82 Å². The molecule has 1 aromatic heterocycles. The molecule has 2 rings (SSSR count). The molecule has 88 valence electrons. The fourth-order valence-corrected chi connectivity index (χ4v) is 2.24. The molecule has 1 saturated heterocycles. The third-order valence-corrected chi connectivity index (χ3v) is 3.14. The molecule has 0 aromatic carbocycles. The van der Waals surface area contributed by atoms with Crippen LogP contribution in [0.5, 0.6) is 0 Å². The molecule has 4 nitrogen and oxygen atoms in total. The molecule has 0 amide bonds. The summed E-state index contributed by atoms with van der Waals surface area (Å²) >= 11 is 0. The molecule has 1 atom stereocenters. The first-order valence-corrected chi connectivity index (χ1v) is 6.13. The van der Waals surface area contributed by atoms with Crippen molar-refractivity contribution in [3.05, 3.63) is 18.3 Å². The number of rotatable bonds is 4. The molecule has 1 aromatic rings. The minimum atomic E-state index is 0.746. The summed E-state index contributed by atoms with van der Waals surface area (Å²) in [5, 5.41) is 11.6. The highest BCUT2D eigenvalue weighted by atomic mass is 15.3. The maximum Gasteiger partial charge on any atom is 0.151 e. The van der Waals surface area contributed by atoms with Gasteiger partial charge < -0.3 is 10.2 Å². The number of piperidine rings is 1. The molecule has 1 fully saturated rings. The van der Waals surface area contributed by atoms with Crippen LogP contribution in [0.3, 0.4) is 0 Å². The van der Waals surface area contributed by atoms with Crippen LogP contribution in [0.2, 0.25) is 0 Å². The van der Waals surface area contributed by atoms with Crippen molar-refractivity contribution in [2.75, 3.05) is 31.1 Å². The standard InChI is InChI=1S/C12H20N4/c1-2-16(12-6-4-8-14-15-12)10-11-5-3-7-13-9-11/h4,6,8,11,13H,2-3,5,7,9-10H2,1H3. The molecular weight excluding hydrogens is 200 g/mol. The lowest BCUT2D eigenvalue weighted by Gasteiger charge is -2.29. The van der Waals surface area contributed by atoms with Crippen LogP contribution in [0.4, 0.5) is 5.82 Å². The molecule has 1 aliphatic rings. The lowest BCUT2D eigenvalue weighted by molar-refractivity contribution is 0.377. The predicted octanol–water partition coefficient (Wildman–Crippen LogP) is 1.30. The van der Waals surface area contributed by atoms with Gasteiger partial charge in [-0.3, -0.25) is 0 Å². The van der Waals surface area contributed by atoms with Gasteiger partial charge in [-0.1, -0.05) is 0 Å². The van der Waals surface area contributed by atoms with Gasteiger partial charge in [0, 0.05) is 19.3 Å². The predicted molar refractivity (Wildman–Crippen MR) is 65.5 cm³/mol. The van der Waals surface area contributed by atoms with Crippen LogP contribution in [0, 0.1) is 5.92 Å². The number of hydrogen-bond acceptors (Lipinski definition) is 4. The molecule has 1 N–H and O–H groups in total. The van der Waals surface area contributed by atoms with E-state index in [0.29, 0.717) is 0 Å². The number of aromatic nitrogens is 2. The van der Waals surface area contributed by atoms with E-state index in [-0.39, 0.29) is 0 Å². The van der Waals surface area contributed by atoms with E-state index in [1.54, 1.807) is 6.20 Å². The van der Waals surface area contributed by atoms with E-state index in [1.807, 2.05) is 12.1 Å². The Morgan fingerprint density at radius 1 is 1.56 bits per heavy atom. The number of hydrogen-bond donors (Lipinski definition) is 1. The highest BCUT2D eigenvalue weighted by Crippen LogP contribution is 2.15. The Hall–Kier alpha value is -1.16. The van der Waals surface area contributed by atoms with E-state index in [9.17, 15) is 0 Å².